The van der Waals surface area contributed by atoms with Gasteiger partial charge in [-0.1, -0.05) is 231 Å². The molecule has 11 aromatic rings. The Bertz CT molecular complexity index is 3140. The van der Waals surface area contributed by atoms with Gasteiger partial charge in [0.05, 0.1) is 0 Å². The van der Waals surface area contributed by atoms with Gasteiger partial charge in [0.15, 0.2) is 0 Å². The summed E-state index contributed by atoms with van der Waals surface area (Å²) in [5.41, 5.74) is 20.1. The van der Waals surface area contributed by atoms with Crippen LogP contribution in [-0.4, -0.2) is 0 Å². The molecule has 0 aliphatic heterocycles. The lowest BCUT2D eigenvalue weighted by atomic mass is 9.83. The average molecular weight is 791 g/mol. The molecule has 0 bridgehead atoms. The van der Waals surface area contributed by atoms with Crippen LogP contribution in [0.2, 0.25) is 0 Å². The molecule has 0 aliphatic rings. The molecule has 1 heteroatoms. The van der Waals surface area contributed by atoms with E-state index in [4.69, 9.17) is 4.42 Å². The molecule has 10 aromatic carbocycles. The second-order valence-electron chi connectivity index (χ2n) is 16.1. The van der Waals surface area contributed by atoms with Gasteiger partial charge >= 0.3 is 0 Å². The smallest absolute Gasteiger partial charge is 0.135 e. The maximum absolute atomic E-state index is 6.10. The van der Waals surface area contributed by atoms with Crippen molar-refractivity contribution in [3.63, 3.8) is 0 Å². The molecule has 0 radical (unpaired) electrons. The van der Waals surface area contributed by atoms with Crippen LogP contribution in [0.25, 0.3) is 88.7 Å². The van der Waals surface area contributed by atoms with Crippen LogP contribution in [0.1, 0.15) is 22.6 Å². The molecule has 0 N–H and O–H groups in total. The molecule has 0 fully saturated rings. The molecule has 0 saturated heterocycles. The third kappa shape index (κ3) is 7.31. The van der Waals surface area contributed by atoms with Gasteiger partial charge in [-0.2, -0.15) is 0 Å². The highest BCUT2D eigenvalue weighted by atomic mass is 16.3. The maximum Gasteiger partial charge on any atom is 0.135 e. The Balaban J connectivity index is 0.915. The summed E-state index contributed by atoms with van der Waals surface area (Å²) in [6, 6.07) is 90.0. The first-order valence-corrected chi connectivity index (χ1v) is 21.3. The van der Waals surface area contributed by atoms with Crippen LogP contribution in [0.15, 0.2) is 253 Å². The van der Waals surface area contributed by atoms with E-state index in [2.05, 4.69) is 237 Å². The van der Waals surface area contributed by atoms with Crippen LogP contribution in [0.3, 0.4) is 0 Å². The molecular formula is C61H42O. The highest BCUT2D eigenvalue weighted by Crippen LogP contribution is 2.38. The SMILES string of the molecule is c1ccc(-c2ccc(-c3ccc(C(c4ccc(-c5ccc(-c6ccccc6)cc5)cc4)c4cccc(-c5ccc(-c6ccc7oc8ccccc8c7c6)cc5)c4)cc3)cc2)cc1. The quantitative estimate of drug-likeness (QED) is 0.133. The molecule has 0 saturated carbocycles. The van der Waals surface area contributed by atoms with Crippen LogP contribution < -0.4 is 0 Å². The minimum atomic E-state index is 0.0368. The third-order valence-corrected chi connectivity index (χ3v) is 12.3. The minimum Gasteiger partial charge on any atom is -0.456 e. The highest BCUT2D eigenvalue weighted by molar-refractivity contribution is 6.06. The molecule has 62 heavy (non-hydrogen) atoms. The summed E-state index contributed by atoms with van der Waals surface area (Å²) in [7, 11) is 0. The first-order valence-electron chi connectivity index (χ1n) is 21.3. The summed E-state index contributed by atoms with van der Waals surface area (Å²) in [6.07, 6.45) is 0. The molecule has 0 aliphatic carbocycles. The van der Waals surface area contributed by atoms with Gasteiger partial charge in [0, 0.05) is 16.7 Å². The zero-order chi connectivity index (χ0) is 41.2. The molecular weight excluding hydrogens is 749 g/mol. The van der Waals surface area contributed by atoms with Crippen LogP contribution in [0, 0.1) is 0 Å². The minimum absolute atomic E-state index is 0.0368. The number of hydrogen-bond donors (Lipinski definition) is 0. The molecule has 1 heterocycles. The van der Waals surface area contributed by atoms with Crippen molar-refractivity contribution in [1.82, 2.24) is 0 Å². The lowest BCUT2D eigenvalue weighted by Gasteiger charge is -2.21. The Kier molecular flexibility index (Phi) is 9.69. The number of benzene rings is 10. The van der Waals surface area contributed by atoms with Gasteiger partial charge in [-0.25, -0.2) is 0 Å². The molecule has 0 atom stereocenters. The zero-order valence-corrected chi connectivity index (χ0v) is 34.2. The number of hydrogen-bond acceptors (Lipinski definition) is 1. The second-order valence-corrected chi connectivity index (χ2v) is 16.1. The molecule has 11 rings (SSSR count). The topological polar surface area (TPSA) is 13.1 Å². The van der Waals surface area contributed by atoms with Crippen LogP contribution in [0.5, 0.6) is 0 Å². The highest BCUT2D eigenvalue weighted by Gasteiger charge is 2.19. The Hall–Kier alpha value is -8.00. The van der Waals surface area contributed by atoms with Crippen molar-refractivity contribution in [3.05, 3.63) is 265 Å². The first-order chi connectivity index (χ1) is 30.7. The summed E-state index contributed by atoms with van der Waals surface area (Å²) in [5, 5.41) is 2.29. The van der Waals surface area contributed by atoms with Crippen molar-refractivity contribution in [1.29, 1.82) is 0 Å². The molecule has 1 aromatic heterocycles. The lowest BCUT2D eigenvalue weighted by Crippen LogP contribution is -2.04. The predicted octanol–water partition coefficient (Wildman–Crippen LogP) is 16.8. The van der Waals surface area contributed by atoms with Gasteiger partial charge in [0.1, 0.15) is 11.2 Å². The van der Waals surface area contributed by atoms with E-state index >= 15 is 0 Å². The van der Waals surface area contributed by atoms with Crippen molar-refractivity contribution >= 4 is 21.9 Å². The maximum atomic E-state index is 6.10. The third-order valence-electron chi connectivity index (χ3n) is 12.3. The Labute approximate surface area is 362 Å². The van der Waals surface area contributed by atoms with Gasteiger partial charge in [0.25, 0.3) is 0 Å². The summed E-state index contributed by atoms with van der Waals surface area (Å²) in [5.74, 6) is 0.0368. The van der Waals surface area contributed by atoms with Crippen LogP contribution in [0.4, 0.5) is 0 Å². The van der Waals surface area contributed by atoms with Gasteiger partial charge in [-0.15, -0.1) is 0 Å². The zero-order valence-electron chi connectivity index (χ0n) is 34.2. The number of para-hydroxylation sites is 1. The van der Waals surface area contributed by atoms with Crippen LogP contribution in [-0.2, 0) is 0 Å². The van der Waals surface area contributed by atoms with Crippen molar-refractivity contribution in [2.45, 2.75) is 5.92 Å². The fourth-order valence-electron chi connectivity index (χ4n) is 8.94. The number of furan rings is 1. The first kappa shape index (κ1) is 37.0. The van der Waals surface area contributed by atoms with E-state index in [1.165, 1.54) is 83.5 Å². The van der Waals surface area contributed by atoms with E-state index in [9.17, 15) is 0 Å². The Morgan fingerprint density at radius 1 is 0.210 bits per heavy atom. The summed E-state index contributed by atoms with van der Waals surface area (Å²) in [6.45, 7) is 0. The van der Waals surface area contributed by atoms with E-state index < -0.39 is 0 Å². The predicted molar refractivity (Wildman–Crippen MR) is 260 cm³/mol. The molecule has 0 unspecified atom stereocenters. The normalized spacial score (nSPS) is 11.4. The molecule has 0 spiro atoms. The molecule has 292 valence electrons. The number of rotatable bonds is 9. The summed E-state index contributed by atoms with van der Waals surface area (Å²) >= 11 is 0. The van der Waals surface area contributed by atoms with Gasteiger partial charge in [-0.05, 0) is 102 Å². The van der Waals surface area contributed by atoms with Crippen molar-refractivity contribution < 1.29 is 4.42 Å². The van der Waals surface area contributed by atoms with E-state index in [1.807, 2.05) is 12.1 Å². The van der Waals surface area contributed by atoms with Crippen molar-refractivity contribution in [3.8, 4) is 66.8 Å². The van der Waals surface area contributed by atoms with Gasteiger partial charge in [-0.3, -0.25) is 0 Å². The van der Waals surface area contributed by atoms with E-state index in [-0.39, 0.29) is 5.92 Å². The van der Waals surface area contributed by atoms with Gasteiger partial charge < -0.3 is 4.42 Å². The summed E-state index contributed by atoms with van der Waals surface area (Å²) < 4.78 is 6.10. The fourth-order valence-corrected chi connectivity index (χ4v) is 8.94. The average Bonchev–Trinajstić information content (AvgIpc) is 3.73. The number of fused-ring (bicyclic) bond motifs is 3. The van der Waals surface area contributed by atoms with Crippen LogP contribution >= 0.6 is 0 Å². The van der Waals surface area contributed by atoms with Crippen molar-refractivity contribution in [2.24, 2.45) is 0 Å². The lowest BCUT2D eigenvalue weighted by molar-refractivity contribution is 0.669. The fraction of sp³-hybridized carbons (Fsp3) is 0.0164. The van der Waals surface area contributed by atoms with Crippen molar-refractivity contribution in [2.75, 3.05) is 0 Å². The second kappa shape index (κ2) is 16.2. The molecule has 1 nitrogen and oxygen atoms in total. The Morgan fingerprint density at radius 3 is 1.03 bits per heavy atom. The largest absolute Gasteiger partial charge is 0.456 e. The van der Waals surface area contributed by atoms with E-state index in [0.29, 0.717) is 0 Å². The van der Waals surface area contributed by atoms with Gasteiger partial charge in [0.2, 0.25) is 0 Å². The van der Waals surface area contributed by atoms with E-state index in [1.54, 1.807) is 0 Å². The monoisotopic (exact) mass is 790 g/mol. The molecule has 0 amide bonds. The summed E-state index contributed by atoms with van der Waals surface area (Å²) in [4.78, 5) is 0. The standard InChI is InChI=1S/C61H42O/c1-3-10-42(11-4-1)44-18-22-46(23-19-44)48-30-34-52(35-31-48)61(53-36-32-49(33-37-53)47-24-20-45(21-25-47)43-12-5-2-6-13-43)56-15-9-14-54(40-56)50-26-28-51(29-27-50)55-38-39-60-58(41-55)57-16-7-8-17-59(57)62-60/h1-41,61H. The Morgan fingerprint density at radius 2 is 0.548 bits per heavy atom. The van der Waals surface area contributed by atoms with E-state index in [0.717, 1.165) is 21.9 Å².